The summed E-state index contributed by atoms with van der Waals surface area (Å²) in [7, 11) is -3.80. The van der Waals surface area contributed by atoms with Crippen LogP contribution in [-0.2, 0) is 36.4 Å². The van der Waals surface area contributed by atoms with Crippen LogP contribution in [0, 0.1) is 17.0 Å². The normalized spacial score (nSPS) is 26.2. The van der Waals surface area contributed by atoms with E-state index in [4.69, 9.17) is 15.2 Å². The second-order valence-electron chi connectivity index (χ2n) is 10.4. The van der Waals surface area contributed by atoms with E-state index in [1.165, 1.54) is 4.31 Å². The van der Waals surface area contributed by atoms with E-state index >= 15 is 8.78 Å². The van der Waals surface area contributed by atoms with Crippen molar-refractivity contribution in [3.05, 3.63) is 70.8 Å². The number of ether oxygens (including phenoxy) is 2. The lowest BCUT2D eigenvalue weighted by Crippen LogP contribution is -2.61. The van der Waals surface area contributed by atoms with Crippen molar-refractivity contribution in [2.75, 3.05) is 19.8 Å². The van der Waals surface area contributed by atoms with Crippen molar-refractivity contribution in [2.45, 2.75) is 56.0 Å². The summed E-state index contributed by atoms with van der Waals surface area (Å²) >= 11 is 0. The zero-order valence-electron chi connectivity index (χ0n) is 20.1. The molecule has 2 aromatic rings. The van der Waals surface area contributed by atoms with Gasteiger partial charge < -0.3 is 15.2 Å². The molecule has 0 unspecified atom stereocenters. The monoisotopic (exact) mass is 520 g/mol. The summed E-state index contributed by atoms with van der Waals surface area (Å²) in [5.74, 6) is -2.12. The van der Waals surface area contributed by atoms with Gasteiger partial charge in [-0.3, -0.25) is 4.79 Å². The summed E-state index contributed by atoms with van der Waals surface area (Å²) in [6, 6.07) is 10.7. The van der Waals surface area contributed by atoms with E-state index < -0.39 is 45.0 Å². The minimum absolute atomic E-state index is 0.0132. The number of hydrogen-bond acceptors (Lipinski definition) is 5. The van der Waals surface area contributed by atoms with E-state index in [0.29, 0.717) is 44.5 Å². The van der Waals surface area contributed by atoms with Gasteiger partial charge in [0.2, 0.25) is 15.9 Å². The first-order chi connectivity index (χ1) is 17.1. The molecule has 194 valence electrons. The van der Waals surface area contributed by atoms with Crippen LogP contribution in [0.4, 0.5) is 8.78 Å². The maximum Gasteiger partial charge on any atom is 0.243 e. The third-order valence-electron chi connectivity index (χ3n) is 7.78. The minimum Gasteiger partial charge on any atom is -0.380 e. The Morgan fingerprint density at radius 3 is 2.44 bits per heavy atom. The fraction of sp³-hybridized carbons (Fsp3) is 0.500. The first-order valence-electron chi connectivity index (χ1n) is 12.1. The number of nitrogens with two attached hydrogens (primary N) is 1. The molecule has 2 atom stereocenters. The number of sulfonamides is 1. The number of rotatable bonds is 7. The van der Waals surface area contributed by atoms with Crippen molar-refractivity contribution < 1.29 is 31.5 Å². The second-order valence-corrected chi connectivity index (χ2v) is 12.5. The lowest BCUT2D eigenvalue weighted by Gasteiger charge is -2.59. The molecule has 3 aliphatic rings. The van der Waals surface area contributed by atoms with Gasteiger partial charge in [0.1, 0.15) is 23.5 Å². The Morgan fingerprint density at radius 2 is 1.83 bits per heavy atom. The molecular formula is C26H30F2N2O5S. The Bertz CT molecular complexity index is 1260. The Morgan fingerprint density at radius 1 is 1.14 bits per heavy atom. The number of benzene rings is 2. The highest BCUT2D eigenvalue weighted by atomic mass is 32.2. The van der Waals surface area contributed by atoms with Gasteiger partial charge in [-0.25, -0.2) is 17.2 Å². The molecule has 2 saturated heterocycles. The van der Waals surface area contributed by atoms with Crippen LogP contribution in [0.1, 0.15) is 54.5 Å². The lowest BCUT2D eigenvalue weighted by atomic mass is 9.55. The Hall–Kier alpha value is -2.40. The predicted octanol–water partition coefficient (Wildman–Crippen LogP) is 3.53. The van der Waals surface area contributed by atoms with E-state index in [2.05, 4.69) is 0 Å². The SMILES string of the molecule is C[C@H]1CC[C@H](c2ccccc2)S(=O)(=O)N1Cc1cc(F)c(C2(OCC(N)=O)CC3(COC3)C2)cc1F. The molecular weight excluding hydrogens is 490 g/mol. The van der Waals surface area contributed by atoms with Crippen molar-refractivity contribution in [2.24, 2.45) is 11.1 Å². The summed E-state index contributed by atoms with van der Waals surface area (Å²) < 4.78 is 70.2. The fourth-order valence-electron chi connectivity index (χ4n) is 5.91. The molecule has 2 aliphatic heterocycles. The number of nitrogens with zero attached hydrogens (tertiary/aromatic N) is 1. The summed E-state index contributed by atoms with van der Waals surface area (Å²) in [5.41, 5.74) is 4.55. The van der Waals surface area contributed by atoms with Crippen molar-refractivity contribution >= 4 is 15.9 Å². The first-order valence-corrected chi connectivity index (χ1v) is 13.6. The molecule has 0 aromatic heterocycles. The van der Waals surface area contributed by atoms with Gasteiger partial charge in [-0.1, -0.05) is 30.3 Å². The Kier molecular flexibility index (Phi) is 6.43. The van der Waals surface area contributed by atoms with Crippen molar-refractivity contribution in [1.29, 1.82) is 0 Å². The van der Waals surface area contributed by atoms with Crippen molar-refractivity contribution in [3.8, 4) is 0 Å². The number of hydrogen-bond donors (Lipinski definition) is 1. The highest BCUT2D eigenvalue weighted by Crippen LogP contribution is 2.60. The largest absolute Gasteiger partial charge is 0.380 e. The minimum atomic E-state index is -3.80. The highest BCUT2D eigenvalue weighted by molar-refractivity contribution is 7.89. The van der Waals surface area contributed by atoms with E-state index in [1.807, 2.05) is 6.07 Å². The number of halogens is 2. The quantitative estimate of drug-likeness (QED) is 0.602. The van der Waals surface area contributed by atoms with Crippen LogP contribution in [-0.4, -0.2) is 44.5 Å². The number of primary amides is 1. The van der Waals surface area contributed by atoms with Crippen LogP contribution in [0.2, 0.25) is 0 Å². The number of amides is 1. The van der Waals surface area contributed by atoms with Gasteiger partial charge in [-0.15, -0.1) is 0 Å². The molecule has 1 amide bonds. The van der Waals surface area contributed by atoms with Crippen LogP contribution < -0.4 is 5.73 Å². The maximum atomic E-state index is 15.5. The summed E-state index contributed by atoms with van der Waals surface area (Å²) in [6.07, 6.45) is 1.85. The molecule has 1 spiro atoms. The molecule has 1 saturated carbocycles. The molecule has 2 heterocycles. The molecule has 0 bridgehead atoms. The van der Waals surface area contributed by atoms with E-state index in [9.17, 15) is 13.2 Å². The van der Waals surface area contributed by atoms with Crippen molar-refractivity contribution in [1.82, 2.24) is 4.31 Å². The molecule has 2 aromatic carbocycles. The highest BCUT2D eigenvalue weighted by Gasteiger charge is 2.61. The summed E-state index contributed by atoms with van der Waals surface area (Å²) in [6.45, 7) is 2.10. The second kappa shape index (κ2) is 9.16. The van der Waals surface area contributed by atoms with Crippen LogP contribution in [0.15, 0.2) is 42.5 Å². The Balaban J connectivity index is 1.43. The number of carbonyl (C=O) groups excluding carboxylic acids is 1. The molecule has 10 heteroatoms. The third kappa shape index (κ3) is 4.34. The molecule has 5 rings (SSSR count). The fourth-order valence-corrected chi connectivity index (χ4v) is 8.10. The number of carbonyl (C=O) groups is 1. The van der Waals surface area contributed by atoms with Crippen LogP contribution in [0.3, 0.4) is 0 Å². The summed E-state index contributed by atoms with van der Waals surface area (Å²) in [5, 5.41) is -0.733. The van der Waals surface area contributed by atoms with Crippen molar-refractivity contribution in [3.63, 3.8) is 0 Å². The van der Waals surface area contributed by atoms with E-state index in [1.54, 1.807) is 31.2 Å². The van der Waals surface area contributed by atoms with E-state index in [-0.39, 0.29) is 29.1 Å². The van der Waals surface area contributed by atoms with Gasteiger partial charge in [-0.05, 0) is 50.3 Å². The standard InChI is InChI=1S/C26H30F2N2O5S/c1-17-7-8-23(18-5-3-2-4-6-18)36(32,33)30(17)11-19-9-22(28)20(10-21(19)27)26(35-12-24(29)31)13-25(14-26)15-34-16-25/h2-6,9-10,17,23H,7-8,11-16H2,1H3,(H2,29,31)/t17-,23+/m0/s1. The van der Waals surface area contributed by atoms with E-state index in [0.717, 1.165) is 12.1 Å². The van der Waals surface area contributed by atoms with Crippen LogP contribution in [0.25, 0.3) is 0 Å². The average Bonchev–Trinajstić information content (AvgIpc) is 2.77. The van der Waals surface area contributed by atoms with Gasteiger partial charge >= 0.3 is 0 Å². The molecule has 3 fully saturated rings. The lowest BCUT2D eigenvalue weighted by molar-refractivity contribution is -0.261. The average molecular weight is 521 g/mol. The predicted molar refractivity (Wildman–Crippen MR) is 128 cm³/mol. The maximum absolute atomic E-state index is 15.5. The Labute approximate surface area is 209 Å². The molecule has 36 heavy (non-hydrogen) atoms. The zero-order chi connectivity index (χ0) is 25.7. The van der Waals surface area contributed by atoms with Gasteiger partial charge in [0.25, 0.3) is 0 Å². The summed E-state index contributed by atoms with van der Waals surface area (Å²) in [4.78, 5) is 11.4. The third-order valence-corrected chi connectivity index (χ3v) is 10.1. The topological polar surface area (TPSA) is 98.9 Å². The van der Waals surface area contributed by atoms with Gasteiger partial charge in [0.05, 0.1) is 18.8 Å². The van der Waals surface area contributed by atoms with Gasteiger partial charge in [0, 0.05) is 29.1 Å². The van der Waals surface area contributed by atoms with Crippen LogP contribution >= 0.6 is 0 Å². The first kappa shape index (κ1) is 25.3. The molecule has 7 nitrogen and oxygen atoms in total. The molecule has 1 aliphatic carbocycles. The molecule has 0 radical (unpaired) electrons. The van der Waals surface area contributed by atoms with Gasteiger partial charge in [0.15, 0.2) is 0 Å². The smallest absolute Gasteiger partial charge is 0.243 e. The zero-order valence-corrected chi connectivity index (χ0v) is 20.9. The van der Waals surface area contributed by atoms with Crippen LogP contribution in [0.5, 0.6) is 0 Å². The molecule has 2 N–H and O–H groups in total. The van der Waals surface area contributed by atoms with Gasteiger partial charge in [-0.2, -0.15) is 4.31 Å².